The summed E-state index contributed by atoms with van der Waals surface area (Å²) in [4.78, 5) is 15.1. The molecule has 0 bridgehead atoms. The van der Waals surface area contributed by atoms with Gasteiger partial charge in [0.2, 0.25) is 5.91 Å². The van der Waals surface area contributed by atoms with Gasteiger partial charge >= 0.3 is 0 Å². The summed E-state index contributed by atoms with van der Waals surface area (Å²) in [7, 11) is 0. The van der Waals surface area contributed by atoms with E-state index in [4.69, 9.17) is 11.6 Å². The van der Waals surface area contributed by atoms with Gasteiger partial charge in [0.25, 0.3) is 0 Å². The molecular weight excluding hydrogens is 268 g/mol. The average Bonchev–Trinajstić information content (AvgIpc) is 2.38. The molecule has 18 heavy (non-hydrogen) atoms. The van der Waals surface area contributed by atoms with Crippen LogP contribution in [0, 0.1) is 0 Å². The summed E-state index contributed by atoms with van der Waals surface area (Å²) >= 11 is 7.39. The Kier molecular flexibility index (Phi) is 4.92. The van der Waals surface area contributed by atoms with Crippen LogP contribution in [0.2, 0.25) is 5.02 Å². The first-order valence-corrected chi connectivity index (χ1v) is 7.42. The highest BCUT2D eigenvalue weighted by Crippen LogP contribution is 2.21. The van der Waals surface area contributed by atoms with Crippen molar-refractivity contribution >= 4 is 29.3 Å². The second kappa shape index (κ2) is 6.45. The fraction of sp³-hybridized carbons (Fsp3) is 0.462. The number of benzene rings is 1. The maximum absolute atomic E-state index is 12.1. The zero-order valence-electron chi connectivity index (χ0n) is 10.4. The van der Waals surface area contributed by atoms with Gasteiger partial charge in [-0.25, -0.2) is 0 Å². The Bertz CT molecular complexity index is 410. The van der Waals surface area contributed by atoms with Crippen LogP contribution < -0.4 is 5.32 Å². The van der Waals surface area contributed by atoms with Crippen LogP contribution in [0.1, 0.15) is 6.92 Å². The molecule has 3 nitrogen and oxygen atoms in total. The van der Waals surface area contributed by atoms with Crippen LogP contribution in [0.25, 0.3) is 0 Å². The number of nitrogens with one attached hydrogen (secondary N) is 1. The van der Waals surface area contributed by atoms with Crippen molar-refractivity contribution in [2.45, 2.75) is 17.9 Å². The molecule has 1 aromatic carbocycles. The van der Waals surface area contributed by atoms with Crippen LogP contribution in [0.3, 0.4) is 0 Å². The molecule has 0 radical (unpaired) electrons. The normalized spacial score (nSPS) is 19.9. The number of thioether (sulfide) groups is 1. The molecule has 5 heteroatoms. The largest absolute Gasteiger partial charge is 0.337 e. The van der Waals surface area contributed by atoms with Gasteiger partial charge in [-0.1, -0.05) is 11.6 Å². The third kappa shape index (κ3) is 3.64. The van der Waals surface area contributed by atoms with E-state index in [1.165, 1.54) is 0 Å². The summed E-state index contributed by atoms with van der Waals surface area (Å²) in [5.74, 6) is 0.704. The molecule has 1 heterocycles. The number of carbonyl (C=O) groups is 1. The van der Waals surface area contributed by atoms with Gasteiger partial charge in [0.05, 0.1) is 5.75 Å². The minimum Gasteiger partial charge on any atom is -0.337 e. The van der Waals surface area contributed by atoms with Crippen LogP contribution in [0.5, 0.6) is 0 Å². The van der Waals surface area contributed by atoms with Crippen LogP contribution in [-0.2, 0) is 4.79 Å². The van der Waals surface area contributed by atoms with Crippen molar-refractivity contribution in [1.82, 2.24) is 10.2 Å². The number of amides is 1. The molecule has 1 aliphatic rings. The van der Waals surface area contributed by atoms with Gasteiger partial charge < -0.3 is 10.2 Å². The van der Waals surface area contributed by atoms with Crippen LogP contribution >= 0.6 is 23.4 Å². The predicted octanol–water partition coefficient (Wildman–Crippen LogP) is 2.25. The quantitative estimate of drug-likeness (QED) is 0.864. The van der Waals surface area contributed by atoms with E-state index in [0.717, 1.165) is 29.6 Å². The summed E-state index contributed by atoms with van der Waals surface area (Å²) in [5.41, 5.74) is 0. The van der Waals surface area contributed by atoms with Gasteiger partial charge in [-0.05, 0) is 31.2 Å². The minimum atomic E-state index is 0.212. The number of carbonyl (C=O) groups excluding carboxylic acids is 1. The molecule has 1 atom stereocenters. The lowest BCUT2D eigenvalue weighted by atomic mass is 10.2. The van der Waals surface area contributed by atoms with Crippen LogP contribution in [-0.4, -0.2) is 42.2 Å². The van der Waals surface area contributed by atoms with Gasteiger partial charge in [0.15, 0.2) is 0 Å². The first-order chi connectivity index (χ1) is 8.66. The Morgan fingerprint density at radius 3 is 2.89 bits per heavy atom. The zero-order valence-corrected chi connectivity index (χ0v) is 11.9. The Hall–Kier alpha value is -0.710. The summed E-state index contributed by atoms with van der Waals surface area (Å²) < 4.78 is 0. The maximum atomic E-state index is 12.1. The molecule has 1 fully saturated rings. The summed E-state index contributed by atoms with van der Waals surface area (Å²) in [6, 6.07) is 7.88. The number of piperazine rings is 1. The number of hydrogen-bond donors (Lipinski definition) is 1. The molecule has 1 aliphatic heterocycles. The zero-order chi connectivity index (χ0) is 13.0. The van der Waals surface area contributed by atoms with Crippen LogP contribution in [0.15, 0.2) is 29.2 Å². The molecular formula is C13H17ClN2OS. The van der Waals surface area contributed by atoms with Gasteiger partial charge in [0.1, 0.15) is 0 Å². The van der Waals surface area contributed by atoms with Gasteiger partial charge in [0, 0.05) is 35.6 Å². The highest BCUT2D eigenvalue weighted by atomic mass is 35.5. The molecule has 0 unspecified atom stereocenters. The minimum absolute atomic E-state index is 0.212. The Morgan fingerprint density at radius 2 is 2.22 bits per heavy atom. The molecule has 0 aromatic heterocycles. The number of nitrogens with zero attached hydrogens (tertiary/aromatic N) is 1. The van der Waals surface area contributed by atoms with Crippen molar-refractivity contribution in [2.24, 2.45) is 0 Å². The monoisotopic (exact) mass is 284 g/mol. The Morgan fingerprint density at radius 1 is 1.50 bits per heavy atom. The van der Waals surface area contributed by atoms with E-state index in [0.29, 0.717) is 5.75 Å². The van der Waals surface area contributed by atoms with E-state index >= 15 is 0 Å². The van der Waals surface area contributed by atoms with E-state index in [9.17, 15) is 4.79 Å². The predicted molar refractivity (Wildman–Crippen MR) is 76.2 cm³/mol. The van der Waals surface area contributed by atoms with Crippen molar-refractivity contribution in [2.75, 3.05) is 25.4 Å². The molecule has 98 valence electrons. The molecule has 0 aliphatic carbocycles. The first kappa shape index (κ1) is 13.7. The number of rotatable bonds is 3. The van der Waals surface area contributed by atoms with Crippen molar-refractivity contribution in [3.8, 4) is 0 Å². The van der Waals surface area contributed by atoms with Gasteiger partial charge in [-0.15, -0.1) is 11.8 Å². The SMILES string of the molecule is C[C@H]1CNCCN1C(=O)CSc1ccc(Cl)cc1. The lowest BCUT2D eigenvalue weighted by Crippen LogP contribution is -2.52. The number of hydrogen-bond acceptors (Lipinski definition) is 3. The lowest BCUT2D eigenvalue weighted by molar-refractivity contribution is -0.131. The number of halogens is 1. The van der Waals surface area contributed by atoms with Crippen molar-refractivity contribution in [3.05, 3.63) is 29.3 Å². The second-order valence-corrected chi connectivity index (χ2v) is 5.87. The first-order valence-electron chi connectivity index (χ1n) is 6.05. The van der Waals surface area contributed by atoms with Crippen molar-refractivity contribution in [3.63, 3.8) is 0 Å². The van der Waals surface area contributed by atoms with Crippen molar-refractivity contribution < 1.29 is 4.79 Å². The van der Waals surface area contributed by atoms with Gasteiger partial charge in [-0.2, -0.15) is 0 Å². The third-order valence-electron chi connectivity index (χ3n) is 3.00. The van der Waals surface area contributed by atoms with Crippen LogP contribution in [0.4, 0.5) is 0 Å². The molecule has 1 amide bonds. The van der Waals surface area contributed by atoms with Crippen molar-refractivity contribution in [1.29, 1.82) is 0 Å². The van der Waals surface area contributed by atoms with E-state index in [2.05, 4.69) is 12.2 Å². The maximum Gasteiger partial charge on any atom is 0.233 e. The highest BCUT2D eigenvalue weighted by Gasteiger charge is 2.22. The lowest BCUT2D eigenvalue weighted by Gasteiger charge is -2.33. The van der Waals surface area contributed by atoms with Gasteiger partial charge in [-0.3, -0.25) is 4.79 Å². The highest BCUT2D eigenvalue weighted by molar-refractivity contribution is 8.00. The fourth-order valence-corrected chi connectivity index (χ4v) is 2.88. The molecule has 2 rings (SSSR count). The molecule has 1 aromatic rings. The summed E-state index contributed by atoms with van der Waals surface area (Å²) in [6.45, 7) is 4.66. The Labute approximate surface area is 117 Å². The molecule has 0 spiro atoms. The van der Waals surface area contributed by atoms with E-state index in [-0.39, 0.29) is 11.9 Å². The summed E-state index contributed by atoms with van der Waals surface area (Å²) in [6.07, 6.45) is 0. The molecule has 0 saturated carbocycles. The van der Waals surface area contributed by atoms with E-state index in [1.54, 1.807) is 11.8 Å². The fourth-order valence-electron chi connectivity index (χ4n) is 1.97. The molecule has 1 saturated heterocycles. The average molecular weight is 285 g/mol. The van der Waals surface area contributed by atoms with E-state index in [1.807, 2.05) is 29.2 Å². The summed E-state index contributed by atoms with van der Waals surface area (Å²) in [5, 5.41) is 4.01. The smallest absolute Gasteiger partial charge is 0.233 e. The second-order valence-electron chi connectivity index (χ2n) is 4.38. The molecule has 1 N–H and O–H groups in total. The topological polar surface area (TPSA) is 32.3 Å². The third-order valence-corrected chi connectivity index (χ3v) is 4.25. The standard InChI is InChI=1S/C13H17ClN2OS/c1-10-8-15-6-7-16(10)13(17)9-18-12-4-2-11(14)3-5-12/h2-5,10,15H,6-9H2,1H3/t10-/m0/s1. The van der Waals surface area contributed by atoms with E-state index < -0.39 is 0 Å². The Balaban J connectivity index is 1.85.